The average Bonchev–Trinajstić information content (AvgIpc) is 2.67. The Morgan fingerprint density at radius 2 is 1.93 bits per heavy atom. The first-order chi connectivity index (χ1) is 13.1. The van der Waals surface area contributed by atoms with E-state index in [1.807, 2.05) is 61.5 Å². The van der Waals surface area contributed by atoms with E-state index in [9.17, 15) is 9.59 Å². The van der Waals surface area contributed by atoms with Gasteiger partial charge in [-0.3, -0.25) is 9.59 Å². The molecule has 1 aromatic heterocycles. The Bertz CT molecular complexity index is 964. The highest BCUT2D eigenvalue weighted by Gasteiger charge is 2.06. The molecule has 3 rings (SSSR count). The van der Waals surface area contributed by atoms with Crippen LogP contribution >= 0.6 is 0 Å². The van der Waals surface area contributed by atoms with Crippen molar-refractivity contribution in [1.82, 2.24) is 10.3 Å². The molecule has 0 aliphatic carbocycles. The summed E-state index contributed by atoms with van der Waals surface area (Å²) >= 11 is 0. The van der Waals surface area contributed by atoms with E-state index in [0.717, 1.165) is 22.2 Å². The van der Waals surface area contributed by atoms with Crippen molar-refractivity contribution >= 4 is 16.8 Å². The molecule has 5 heteroatoms. The molecule has 0 saturated heterocycles. The highest BCUT2D eigenvalue weighted by Crippen LogP contribution is 2.15. The van der Waals surface area contributed by atoms with E-state index in [1.54, 1.807) is 0 Å². The molecule has 1 heterocycles. The third-order valence-corrected chi connectivity index (χ3v) is 4.44. The molecule has 0 atom stereocenters. The number of hydrogen-bond acceptors (Lipinski definition) is 3. The number of amides is 1. The Labute approximate surface area is 158 Å². The van der Waals surface area contributed by atoms with E-state index in [-0.39, 0.29) is 11.5 Å². The fourth-order valence-electron chi connectivity index (χ4n) is 2.98. The van der Waals surface area contributed by atoms with Crippen LogP contribution in [0.4, 0.5) is 0 Å². The molecule has 5 nitrogen and oxygen atoms in total. The first-order valence-corrected chi connectivity index (χ1v) is 9.19. The van der Waals surface area contributed by atoms with Crippen LogP contribution in [0, 0.1) is 6.92 Å². The Kier molecular flexibility index (Phi) is 6.26. The minimum atomic E-state index is -0.0951. The van der Waals surface area contributed by atoms with Gasteiger partial charge in [0, 0.05) is 18.5 Å². The predicted octanol–water partition coefficient (Wildman–Crippen LogP) is 3.35. The van der Waals surface area contributed by atoms with Crippen molar-refractivity contribution in [2.24, 2.45) is 0 Å². The van der Waals surface area contributed by atoms with Crippen molar-refractivity contribution in [1.29, 1.82) is 0 Å². The van der Waals surface area contributed by atoms with Gasteiger partial charge in [0.05, 0.1) is 12.1 Å². The van der Waals surface area contributed by atoms with E-state index in [1.165, 1.54) is 0 Å². The second-order valence-corrected chi connectivity index (χ2v) is 6.53. The number of aromatic amines is 1. The van der Waals surface area contributed by atoms with E-state index in [0.29, 0.717) is 38.0 Å². The number of ether oxygens (including phenoxy) is 1. The largest absolute Gasteiger partial charge is 0.494 e. The molecule has 0 fully saturated rings. The predicted molar refractivity (Wildman–Crippen MR) is 107 cm³/mol. The summed E-state index contributed by atoms with van der Waals surface area (Å²) in [7, 11) is 0. The van der Waals surface area contributed by atoms with Gasteiger partial charge in [0.25, 0.3) is 5.56 Å². The van der Waals surface area contributed by atoms with Gasteiger partial charge >= 0.3 is 0 Å². The molecule has 0 bridgehead atoms. The molecule has 0 spiro atoms. The molecular weight excluding hydrogens is 340 g/mol. The lowest BCUT2D eigenvalue weighted by Gasteiger charge is -2.08. The third kappa shape index (κ3) is 5.20. The molecule has 0 radical (unpaired) electrons. The first kappa shape index (κ1) is 18.7. The number of fused-ring (bicyclic) bond motifs is 1. The van der Waals surface area contributed by atoms with Gasteiger partial charge in [-0.2, -0.15) is 0 Å². The zero-order valence-electron chi connectivity index (χ0n) is 15.5. The van der Waals surface area contributed by atoms with Crippen LogP contribution in [0.2, 0.25) is 0 Å². The number of hydrogen-bond donors (Lipinski definition) is 2. The van der Waals surface area contributed by atoms with Gasteiger partial charge < -0.3 is 15.0 Å². The average molecular weight is 364 g/mol. The zero-order chi connectivity index (χ0) is 19.1. The van der Waals surface area contributed by atoms with Gasteiger partial charge in [0.15, 0.2) is 0 Å². The highest BCUT2D eigenvalue weighted by atomic mass is 16.5. The molecule has 27 heavy (non-hydrogen) atoms. The molecular formula is C22H24N2O3. The van der Waals surface area contributed by atoms with Gasteiger partial charge in [-0.05, 0) is 48.9 Å². The topological polar surface area (TPSA) is 71.2 Å². The number of rotatable bonds is 8. The van der Waals surface area contributed by atoms with Gasteiger partial charge in [-0.1, -0.05) is 36.4 Å². The maximum Gasteiger partial charge on any atom is 0.251 e. The van der Waals surface area contributed by atoms with Crippen LogP contribution in [-0.4, -0.2) is 24.0 Å². The minimum absolute atomic E-state index is 0.0280. The molecule has 0 saturated carbocycles. The van der Waals surface area contributed by atoms with Crippen LogP contribution in [0.15, 0.2) is 59.4 Å². The highest BCUT2D eigenvalue weighted by molar-refractivity contribution is 5.82. The summed E-state index contributed by atoms with van der Waals surface area (Å²) < 4.78 is 5.57. The normalized spacial score (nSPS) is 10.7. The molecule has 2 N–H and O–H groups in total. The second kappa shape index (κ2) is 9.03. The van der Waals surface area contributed by atoms with Crippen molar-refractivity contribution in [2.45, 2.75) is 26.2 Å². The lowest BCUT2D eigenvalue weighted by molar-refractivity contribution is -0.121. The Morgan fingerprint density at radius 1 is 1.11 bits per heavy atom. The zero-order valence-corrected chi connectivity index (χ0v) is 15.5. The number of benzene rings is 2. The van der Waals surface area contributed by atoms with Crippen LogP contribution in [0.1, 0.15) is 24.0 Å². The summed E-state index contributed by atoms with van der Waals surface area (Å²) in [6, 6.07) is 17.4. The van der Waals surface area contributed by atoms with E-state index in [2.05, 4.69) is 10.3 Å². The van der Waals surface area contributed by atoms with Gasteiger partial charge in [-0.25, -0.2) is 0 Å². The molecule has 3 aromatic rings. The summed E-state index contributed by atoms with van der Waals surface area (Å²) in [5.41, 5.74) is 2.50. The number of carbonyl (C=O) groups is 1. The van der Waals surface area contributed by atoms with Crippen LogP contribution in [-0.2, 0) is 11.2 Å². The van der Waals surface area contributed by atoms with E-state index < -0.39 is 0 Å². The fourth-order valence-corrected chi connectivity index (χ4v) is 2.98. The van der Waals surface area contributed by atoms with Crippen molar-refractivity contribution in [3.63, 3.8) is 0 Å². The van der Waals surface area contributed by atoms with Gasteiger partial charge in [-0.15, -0.1) is 0 Å². The quantitative estimate of drug-likeness (QED) is 0.602. The number of para-hydroxylation sites is 2. The van der Waals surface area contributed by atoms with Crippen LogP contribution < -0.4 is 15.6 Å². The van der Waals surface area contributed by atoms with E-state index in [4.69, 9.17) is 4.74 Å². The Hall–Kier alpha value is -3.08. The number of pyridine rings is 1. The van der Waals surface area contributed by atoms with Gasteiger partial charge in [0.2, 0.25) is 5.91 Å². The maximum atomic E-state index is 12.2. The molecule has 0 aliphatic rings. The summed E-state index contributed by atoms with van der Waals surface area (Å²) in [4.78, 5) is 27.1. The SMILES string of the molecule is Cc1cccc2cc(CCNC(=O)CCCOc3ccccc3)c(=O)[nH]c12. The molecule has 1 amide bonds. The standard InChI is InChI=1S/C22H24N2O3/c1-16-7-5-8-17-15-18(22(26)24-21(16)17)12-13-23-20(25)11-6-14-27-19-9-3-2-4-10-19/h2-5,7-10,15H,6,11-14H2,1H3,(H,23,25)(H,24,26). The second-order valence-electron chi connectivity index (χ2n) is 6.53. The third-order valence-electron chi connectivity index (χ3n) is 4.44. The van der Waals surface area contributed by atoms with Crippen molar-refractivity contribution in [3.05, 3.63) is 76.1 Å². The van der Waals surface area contributed by atoms with E-state index >= 15 is 0 Å². The van der Waals surface area contributed by atoms with Crippen LogP contribution in [0.25, 0.3) is 10.9 Å². The van der Waals surface area contributed by atoms with Crippen LogP contribution in [0.3, 0.4) is 0 Å². The molecule has 2 aromatic carbocycles. The monoisotopic (exact) mass is 364 g/mol. The number of aryl methyl sites for hydroxylation is 1. The van der Waals surface area contributed by atoms with Crippen molar-refractivity contribution in [2.75, 3.05) is 13.2 Å². The Balaban J connectivity index is 1.43. The minimum Gasteiger partial charge on any atom is -0.494 e. The molecule has 140 valence electrons. The number of nitrogens with one attached hydrogen (secondary N) is 2. The molecule has 0 unspecified atom stereocenters. The maximum absolute atomic E-state index is 12.2. The summed E-state index contributed by atoms with van der Waals surface area (Å²) in [5.74, 6) is 0.781. The van der Waals surface area contributed by atoms with Crippen molar-refractivity contribution < 1.29 is 9.53 Å². The fraction of sp³-hybridized carbons (Fsp3) is 0.273. The number of carbonyl (C=O) groups excluding carboxylic acids is 1. The summed E-state index contributed by atoms with van der Waals surface area (Å²) in [6.45, 7) is 2.92. The molecule has 0 aliphatic heterocycles. The smallest absolute Gasteiger partial charge is 0.251 e. The summed E-state index contributed by atoms with van der Waals surface area (Å²) in [5, 5.41) is 3.88. The number of H-pyrrole nitrogens is 1. The summed E-state index contributed by atoms with van der Waals surface area (Å²) in [6.07, 6.45) is 1.56. The van der Waals surface area contributed by atoms with Crippen LogP contribution in [0.5, 0.6) is 5.75 Å². The Morgan fingerprint density at radius 3 is 2.74 bits per heavy atom. The lowest BCUT2D eigenvalue weighted by atomic mass is 10.1. The van der Waals surface area contributed by atoms with Crippen molar-refractivity contribution in [3.8, 4) is 5.75 Å². The first-order valence-electron chi connectivity index (χ1n) is 9.19. The lowest BCUT2D eigenvalue weighted by Crippen LogP contribution is -2.27. The van der Waals surface area contributed by atoms with Gasteiger partial charge in [0.1, 0.15) is 5.75 Å². The number of aromatic nitrogens is 1.